The van der Waals surface area contributed by atoms with Crippen LogP contribution in [0.3, 0.4) is 0 Å². The molecular formula is C12H20O7. The van der Waals surface area contributed by atoms with Gasteiger partial charge in [-0.05, 0) is 12.8 Å². The summed E-state index contributed by atoms with van der Waals surface area (Å²) in [5.41, 5.74) is -1.00. The molecule has 7 nitrogen and oxygen atoms in total. The predicted molar refractivity (Wildman–Crippen MR) is 62.5 cm³/mol. The maximum Gasteiger partial charge on any atom is 0.338 e. The van der Waals surface area contributed by atoms with Crippen LogP contribution in [0.4, 0.5) is 0 Å². The number of carboxylic acids is 1. The van der Waals surface area contributed by atoms with Gasteiger partial charge in [-0.2, -0.15) is 0 Å². The molecule has 0 saturated carbocycles. The molecule has 2 saturated heterocycles. The zero-order chi connectivity index (χ0) is 14.1. The van der Waals surface area contributed by atoms with Crippen molar-refractivity contribution in [3.63, 3.8) is 0 Å². The zero-order valence-electron chi connectivity index (χ0n) is 10.9. The number of hydrogen-bond donors (Lipinski definition) is 3. The van der Waals surface area contributed by atoms with Crippen LogP contribution in [0.25, 0.3) is 0 Å². The van der Waals surface area contributed by atoms with Gasteiger partial charge in [-0.1, -0.05) is 6.92 Å². The molecule has 0 aromatic rings. The second-order valence-corrected chi connectivity index (χ2v) is 5.09. The van der Waals surface area contributed by atoms with Gasteiger partial charge in [0.15, 0.2) is 0 Å². The molecular weight excluding hydrogens is 256 g/mol. The Morgan fingerprint density at radius 1 is 1.37 bits per heavy atom. The number of aliphatic carboxylic acids is 1. The first-order valence-corrected chi connectivity index (χ1v) is 6.45. The summed E-state index contributed by atoms with van der Waals surface area (Å²) in [5.74, 6) is -2.54. The van der Waals surface area contributed by atoms with Gasteiger partial charge in [-0.15, -0.1) is 0 Å². The maximum absolute atomic E-state index is 11.4. The fourth-order valence-electron chi connectivity index (χ4n) is 2.51. The van der Waals surface area contributed by atoms with Gasteiger partial charge in [0.05, 0.1) is 25.9 Å². The Balaban J connectivity index is 2.21. The Labute approximate surface area is 111 Å². The molecule has 0 aliphatic carbocycles. The number of aliphatic hydroxyl groups excluding tert-OH is 2. The van der Waals surface area contributed by atoms with Crippen molar-refractivity contribution in [3.05, 3.63) is 0 Å². The minimum atomic E-state index is -1.35. The lowest BCUT2D eigenvalue weighted by molar-refractivity contribution is -0.356. The van der Waals surface area contributed by atoms with Crippen molar-refractivity contribution >= 4 is 5.97 Å². The summed E-state index contributed by atoms with van der Waals surface area (Å²) in [6.45, 7) is 1.37. The summed E-state index contributed by atoms with van der Waals surface area (Å²) in [4.78, 5) is 11.4. The largest absolute Gasteiger partial charge is 0.479 e. The van der Waals surface area contributed by atoms with Crippen LogP contribution in [-0.4, -0.2) is 64.7 Å². The lowest BCUT2D eigenvalue weighted by Crippen LogP contribution is -2.63. The van der Waals surface area contributed by atoms with E-state index in [1.54, 1.807) is 6.92 Å². The summed E-state index contributed by atoms with van der Waals surface area (Å²) >= 11 is 0. The first-order chi connectivity index (χ1) is 9.01. The topological polar surface area (TPSA) is 105 Å². The van der Waals surface area contributed by atoms with Crippen LogP contribution < -0.4 is 0 Å². The molecule has 4 atom stereocenters. The highest BCUT2D eigenvalue weighted by molar-refractivity contribution is 5.74. The van der Waals surface area contributed by atoms with E-state index in [9.17, 15) is 15.0 Å². The molecule has 2 aliphatic heterocycles. The Morgan fingerprint density at radius 3 is 2.58 bits per heavy atom. The van der Waals surface area contributed by atoms with Crippen molar-refractivity contribution in [2.24, 2.45) is 0 Å². The molecule has 0 bridgehead atoms. The average Bonchev–Trinajstić information content (AvgIpc) is 2.84. The molecule has 2 fully saturated rings. The first-order valence-electron chi connectivity index (χ1n) is 6.45. The Hall–Kier alpha value is -0.730. The second kappa shape index (κ2) is 5.34. The first kappa shape index (κ1) is 14.7. The van der Waals surface area contributed by atoms with Crippen LogP contribution in [0.1, 0.15) is 26.2 Å². The molecule has 7 heteroatoms. The molecule has 2 heterocycles. The molecule has 2 aliphatic rings. The van der Waals surface area contributed by atoms with Crippen LogP contribution in [-0.2, 0) is 19.0 Å². The third-order valence-electron chi connectivity index (χ3n) is 3.89. The van der Waals surface area contributed by atoms with Crippen LogP contribution >= 0.6 is 0 Å². The molecule has 2 unspecified atom stereocenters. The van der Waals surface area contributed by atoms with Crippen LogP contribution in [0, 0.1) is 0 Å². The van der Waals surface area contributed by atoms with Gasteiger partial charge in [0.1, 0.15) is 5.60 Å². The smallest absolute Gasteiger partial charge is 0.338 e. The van der Waals surface area contributed by atoms with Gasteiger partial charge in [0, 0.05) is 6.42 Å². The van der Waals surface area contributed by atoms with E-state index in [1.807, 2.05) is 0 Å². The second-order valence-electron chi connectivity index (χ2n) is 5.09. The number of aliphatic hydroxyl groups is 2. The van der Waals surface area contributed by atoms with Crippen molar-refractivity contribution in [2.45, 2.75) is 49.8 Å². The zero-order valence-corrected chi connectivity index (χ0v) is 10.9. The van der Waals surface area contributed by atoms with Gasteiger partial charge in [0.2, 0.25) is 11.9 Å². The SMILES string of the molecule is CCC1(CO)CO[C@@]2(CC[C@H](CO)O2)C(C(=O)O)O1. The third kappa shape index (κ3) is 2.48. The molecule has 19 heavy (non-hydrogen) atoms. The molecule has 2 rings (SSSR count). The van der Waals surface area contributed by atoms with Crippen molar-refractivity contribution < 1.29 is 34.3 Å². The van der Waals surface area contributed by atoms with E-state index in [2.05, 4.69) is 0 Å². The summed E-state index contributed by atoms with van der Waals surface area (Å²) < 4.78 is 16.7. The van der Waals surface area contributed by atoms with E-state index < -0.39 is 29.6 Å². The summed E-state index contributed by atoms with van der Waals surface area (Å²) in [7, 11) is 0. The van der Waals surface area contributed by atoms with Crippen LogP contribution in [0.15, 0.2) is 0 Å². The van der Waals surface area contributed by atoms with E-state index >= 15 is 0 Å². The van der Waals surface area contributed by atoms with Crippen LogP contribution in [0.2, 0.25) is 0 Å². The van der Waals surface area contributed by atoms with E-state index in [1.165, 1.54) is 0 Å². The number of carboxylic acid groups (broad SMARTS) is 1. The van der Waals surface area contributed by atoms with Gasteiger partial charge < -0.3 is 29.5 Å². The highest BCUT2D eigenvalue weighted by atomic mass is 16.8. The molecule has 1 spiro atoms. The Morgan fingerprint density at radius 2 is 2.11 bits per heavy atom. The standard InChI is InChI=1S/C12H20O7/c1-2-11(6-14)7-17-12(9(19-11)10(15)16)4-3-8(5-13)18-12/h8-9,13-14H,2-7H2,1H3,(H,15,16)/t8-,9?,11?,12-/m1/s1. The number of ether oxygens (including phenoxy) is 3. The van der Waals surface area contributed by atoms with Gasteiger partial charge in [-0.3, -0.25) is 0 Å². The van der Waals surface area contributed by atoms with Crippen molar-refractivity contribution in [1.29, 1.82) is 0 Å². The van der Waals surface area contributed by atoms with Gasteiger partial charge in [0.25, 0.3) is 0 Å². The normalized spacial score (nSPS) is 42.7. The number of carbonyl (C=O) groups is 1. The van der Waals surface area contributed by atoms with E-state index in [0.29, 0.717) is 19.3 Å². The molecule has 3 N–H and O–H groups in total. The minimum Gasteiger partial charge on any atom is -0.479 e. The summed E-state index contributed by atoms with van der Waals surface area (Å²) in [5, 5.41) is 27.8. The van der Waals surface area contributed by atoms with Crippen molar-refractivity contribution in [3.8, 4) is 0 Å². The predicted octanol–water partition coefficient (Wildman–Crippen LogP) is -0.505. The van der Waals surface area contributed by atoms with Crippen LogP contribution in [0.5, 0.6) is 0 Å². The summed E-state index contributed by atoms with van der Waals surface area (Å²) in [6, 6.07) is 0. The minimum absolute atomic E-state index is 0.0714. The van der Waals surface area contributed by atoms with Crippen molar-refractivity contribution in [1.82, 2.24) is 0 Å². The monoisotopic (exact) mass is 276 g/mol. The molecule has 0 radical (unpaired) electrons. The highest BCUT2D eigenvalue weighted by Crippen LogP contribution is 2.42. The Bertz CT molecular complexity index is 341. The molecule has 110 valence electrons. The lowest BCUT2D eigenvalue weighted by Gasteiger charge is -2.46. The van der Waals surface area contributed by atoms with E-state index in [-0.39, 0.29) is 19.8 Å². The van der Waals surface area contributed by atoms with Crippen molar-refractivity contribution in [2.75, 3.05) is 19.8 Å². The van der Waals surface area contributed by atoms with E-state index in [0.717, 1.165) is 0 Å². The van der Waals surface area contributed by atoms with Gasteiger partial charge in [-0.25, -0.2) is 4.79 Å². The molecule has 0 aromatic carbocycles. The average molecular weight is 276 g/mol. The maximum atomic E-state index is 11.4. The van der Waals surface area contributed by atoms with E-state index in [4.69, 9.17) is 19.3 Å². The fraction of sp³-hybridized carbons (Fsp3) is 0.917. The molecule has 0 amide bonds. The quantitative estimate of drug-likeness (QED) is 0.635. The number of rotatable bonds is 4. The Kier molecular flexibility index (Phi) is 4.12. The fourth-order valence-corrected chi connectivity index (χ4v) is 2.51. The molecule has 0 aromatic heterocycles. The third-order valence-corrected chi connectivity index (χ3v) is 3.89. The number of hydrogen-bond acceptors (Lipinski definition) is 6. The summed E-state index contributed by atoms with van der Waals surface area (Å²) in [6.07, 6.45) is -0.437. The lowest BCUT2D eigenvalue weighted by atomic mass is 9.96. The van der Waals surface area contributed by atoms with Gasteiger partial charge >= 0.3 is 5.97 Å². The highest BCUT2D eigenvalue weighted by Gasteiger charge is 2.58.